The molecule has 1 heterocycles. The molecule has 1 unspecified atom stereocenters. The highest BCUT2D eigenvalue weighted by atomic mass is 16.3. The van der Waals surface area contributed by atoms with Crippen molar-refractivity contribution in [3.8, 4) is 0 Å². The zero-order chi connectivity index (χ0) is 6.85. The van der Waals surface area contributed by atoms with E-state index in [0.717, 1.165) is 0 Å². The molecule has 0 aliphatic carbocycles. The highest BCUT2D eigenvalue weighted by molar-refractivity contribution is 4.83. The Morgan fingerprint density at radius 3 is 2.56 bits per heavy atom. The number of nitrogens with one attached hydrogen (secondary N) is 2. The maximum absolute atomic E-state index is 8.89. The van der Waals surface area contributed by atoms with Crippen LogP contribution in [0.15, 0.2) is 0 Å². The van der Waals surface area contributed by atoms with Crippen molar-refractivity contribution in [3.05, 3.63) is 0 Å². The van der Waals surface area contributed by atoms with Crippen molar-refractivity contribution < 1.29 is 10.2 Å². The zero-order valence-electron chi connectivity index (χ0n) is 5.04. The van der Waals surface area contributed by atoms with Gasteiger partial charge in [-0.05, 0) is 6.42 Å². The summed E-state index contributed by atoms with van der Waals surface area (Å²) in [5.74, 6) is 0. The van der Waals surface area contributed by atoms with Gasteiger partial charge in [-0.15, -0.1) is 0 Å². The summed E-state index contributed by atoms with van der Waals surface area (Å²) >= 11 is 0. The molecule has 1 aliphatic heterocycles. The number of hydrogen-bond acceptors (Lipinski definition) is 3. The number of aliphatic hydroxyl groups excluding tert-OH is 2. The minimum absolute atomic E-state index is 0.236. The second kappa shape index (κ2) is 2.62. The van der Waals surface area contributed by atoms with E-state index in [4.69, 9.17) is 15.9 Å². The summed E-state index contributed by atoms with van der Waals surface area (Å²) in [7, 11) is 0. The third kappa shape index (κ3) is 1.62. The Morgan fingerprint density at radius 2 is 2.33 bits per heavy atom. The molecule has 0 bridgehead atoms. The fourth-order valence-corrected chi connectivity index (χ4v) is 0.988. The minimum atomic E-state index is -1.10. The Balaban J connectivity index is 2.30. The van der Waals surface area contributed by atoms with Gasteiger partial charge in [0.2, 0.25) is 0 Å². The van der Waals surface area contributed by atoms with Crippen LogP contribution in [0, 0.1) is 0 Å². The van der Waals surface area contributed by atoms with E-state index >= 15 is 0 Å². The molecule has 0 aromatic carbocycles. The van der Waals surface area contributed by atoms with Gasteiger partial charge in [-0.25, -0.2) is 5.73 Å². The van der Waals surface area contributed by atoms with Gasteiger partial charge in [-0.1, -0.05) is 0 Å². The van der Waals surface area contributed by atoms with Crippen LogP contribution in [0.1, 0.15) is 6.42 Å². The van der Waals surface area contributed by atoms with E-state index in [2.05, 4.69) is 5.32 Å². The molecule has 0 saturated carbocycles. The highest BCUT2D eigenvalue weighted by Crippen LogP contribution is 2.07. The van der Waals surface area contributed by atoms with Crippen molar-refractivity contribution in [2.75, 3.05) is 6.54 Å². The first-order chi connectivity index (χ1) is 4.20. The molecule has 0 aromatic rings. The van der Waals surface area contributed by atoms with Crippen molar-refractivity contribution in [2.24, 2.45) is 0 Å². The van der Waals surface area contributed by atoms with Crippen molar-refractivity contribution in [3.63, 3.8) is 0 Å². The molecule has 4 nitrogen and oxygen atoms in total. The van der Waals surface area contributed by atoms with Crippen LogP contribution in [0.3, 0.4) is 0 Å². The molecule has 1 fully saturated rings. The second-order valence-electron chi connectivity index (χ2n) is 2.35. The van der Waals surface area contributed by atoms with Gasteiger partial charge >= 0.3 is 0 Å². The smallest absolute Gasteiger partial charge is 0.132 e. The first kappa shape index (κ1) is 6.95. The average molecular weight is 131 g/mol. The lowest BCUT2D eigenvalue weighted by atomic mass is 10.2. The Kier molecular flexibility index (Phi) is 2.02. The minimum Gasteiger partial charge on any atom is -0.392 e. The fraction of sp³-hybridized carbons (Fsp3) is 1.00. The number of β-amino-alcohol motifs (C(OH)–C–C–N with tert-alkyl or cyclic N) is 1. The molecule has 0 amide bonds. The average Bonchev–Trinajstić information content (AvgIpc) is 2.14. The molecule has 1 aliphatic rings. The summed E-state index contributed by atoms with van der Waals surface area (Å²) in [6.07, 6.45) is -0.984. The molecule has 1 radical (unpaired) electrons. The standard InChI is InChI=1S/C5H11N2O2/c6-5(9)4-1-3(8)2-7-4/h3-9H,1-2H2/t3-,4+,5?/m1/s1. The van der Waals surface area contributed by atoms with Crippen LogP contribution in [0.2, 0.25) is 0 Å². The number of rotatable bonds is 1. The van der Waals surface area contributed by atoms with Crippen molar-refractivity contribution >= 4 is 0 Å². The van der Waals surface area contributed by atoms with Crippen LogP contribution in [-0.2, 0) is 0 Å². The predicted octanol–water partition coefficient (Wildman–Crippen LogP) is -1.69. The van der Waals surface area contributed by atoms with Crippen LogP contribution in [0.5, 0.6) is 0 Å². The van der Waals surface area contributed by atoms with Gasteiger partial charge in [0.1, 0.15) is 6.23 Å². The van der Waals surface area contributed by atoms with Gasteiger partial charge in [0, 0.05) is 6.54 Å². The molecule has 1 saturated heterocycles. The first-order valence-corrected chi connectivity index (χ1v) is 3.01. The summed E-state index contributed by atoms with van der Waals surface area (Å²) in [6.45, 7) is 0.501. The maximum atomic E-state index is 8.89. The van der Waals surface area contributed by atoms with Gasteiger partial charge in [0.15, 0.2) is 0 Å². The van der Waals surface area contributed by atoms with Gasteiger partial charge < -0.3 is 15.5 Å². The van der Waals surface area contributed by atoms with Crippen LogP contribution < -0.4 is 11.1 Å². The molecule has 53 valence electrons. The molecule has 1 rings (SSSR count). The van der Waals surface area contributed by atoms with E-state index in [0.29, 0.717) is 13.0 Å². The van der Waals surface area contributed by atoms with Crippen molar-refractivity contribution in [1.29, 1.82) is 0 Å². The van der Waals surface area contributed by atoms with Crippen LogP contribution in [-0.4, -0.2) is 35.1 Å². The second-order valence-corrected chi connectivity index (χ2v) is 2.35. The van der Waals surface area contributed by atoms with Gasteiger partial charge in [0.25, 0.3) is 0 Å². The molecule has 9 heavy (non-hydrogen) atoms. The SMILES string of the molecule is [NH]C(O)[C@@H]1C[C@@H](O)CN1. The van der Waals surface area contributed by atoms with Crippen LogP contribution in [0.4, 0.5) is 0 Å². The van der Waals surface area contributed by atoms with Crippen LogP contribution in [0.25, 0.3) is 0 Å². The largest absolute Gasteiger partial charge is 0.392 e. The van der Waals surface area contributed by atoms with E-state index in [1.165, 1.54) is 0 Å². The lowest BCUT2D eigenvalue weighted by Gasteiger charge is -2.10. The summed E-state index contributed by atoms with van der Waals surface area (Å²) in [4.78, 5) is 0. The molecular weight excluding hydrogens is 120 g/mol. The van der Waals surface area contributed by atoms with E-state index < -0.39 is 6.23 Å². The van der Waals surface area contributed by atoms with Gasteiger partial charge in [0.05, 0.1) is 12.1 Å². The molecule has 4 N–H and O–H groups in total. The Labute approximate surface area is 53.7 Å². The number of hydrogen-bond donors (Lipinski definition) is 3. The first-order valence-electron chi connectivity index (χ1n) is 3.01. The molecule has 3 atom stereocenters. The van der Waals surface area contributed by atoms with E-state index in [9.17, 15) is 0 Å². The van der Waals surface area contributed by atoms with Gasteiger partial charge in [-0.2, -0.15) is 0 Å². The topological polar surface area (TPSA) is 76.3 Å². The lowest BCUT2D eigenvalue weighted by molar-refractivity contribution is 0.124. The normalized spacial score (nSPS) is 39.0. The summed E-state index contributed by atoms with van der Waals surface area (Å²) in [6, 6.07) is -0.236. The maximum Gasteiger partial charge on any atom is 0.132 e. The van der Waals surface area contributed by atoms with E-state index in [-0.39, 0.29) is 12.1 Å². The molecule has 0 aromatic heterocycles. The summed E-state index contributed by atoms with van der Waals surface area (Å²) in [5.41, 5.74) is 6.85. The van der Waals surface area contributed by atoms with Crippen molar-refractivity contribution in [1.82, 2.24) is 11.1 Å². The quantitative estimate of drug-likeness (QED) is 0.397. The summed E-state index contributed by atoms with van der Waals surface area (Å²) < 4.78 is 0. The third-order valence-electron chi connectivity index (χ3n) is 1.52. The van der Waals surface area contributed by atoms with Crippen LogP contribution >= 0.6 is 0 Å². The highest BCUT2D eigenvalue weighted by Gasteiger charge is 2.25. The summed E-state index contributed by atoms with van der Waals surface area (Å²) in [5, 5.41) is 20.4. The monoisotopic (exact) mass is 131 g/mol. The number of aliphatic hydroxyl groups is 2. The zero-order valence-corrected chi connectivity index (χ0v) is 5.04. The molecule has 4 heteroatoms. The van der Waals surface area contributed by atoms with Crippen molar-refractivity contribution in [2.45, 2.75) is 24.8 Å². The van der Waals surface area contributed by atoms with E-state index in [1.54, 1.807) is 0 Å². The van der Waals surface area contributed by atoms with Gasteiger partial charge in [-0.3, -0.25) is 0 Å². The Hall–Kier alpha value is -0.160. The Morgan fingerprint density at radius 1 is 1.67 bits per heavy atom. The third-order valence-corrected chi connectivity index (χ3v) is 1.52. The fourth-order valence-electron chi connectivity index (χ4n) is 0.988. The molecular formula is C5H11N2O2. The predicted molar refractivity (Wildman–Crippen MR) is 31.5 cm³/mol. The Bertz CT molecular complexity index is 97.0. The van der Waals surface area contributed by atoms with E-state index in [1.807, 2.05) is 0 Å². The molecule has 0 spiro atoms. The lowest BCUT2D eigenvalue weighted by Crippen LogP contribution is -2.35.